The molecule has 0 bridgehead atoms. The van der Waals surface area contributed by atoms with E-state index in [1.165, 1.54) is 6.20 Å². The van der Waals surface area contributed by atoms with Crippen molar-refractivity contribution in [2.75, 3.05) is 0 Å². The van der Waals surface area contributed by atoms with Gasteiger partial charge in [0.2, 0.25) is 0 Å². The fraction of sp³-hybridized carbons (Fsp3) is 0.143. The second kappa shape index (κ2) is 6.62. The molecule has 0 spiro atoms. The molecule has 1 amide bonds. The van der Waals surface area contributed by atoms with Crippen molar-refractivity contribution < 1.29 is 18.7 Å². The summed E-state index contributed by atoms with van der Waals surface area (Å²) in [6, 6.07) is 5.77. The number of nitrogens with zero attached hydrogens (tertiary/aromatic N) is 1. The molecule has 0 saturated heterocycles. The first-order valence-electron chi connectivity index (χ1n) is 6.00. The van der Waals surface area contributed by atoms with E-state index in [9.17, 15) is 13.6 Å². The number of hydrogen-bond acceptors (Lipinski definition) is 2. The Kier molecular flexibility index (Phi) is 4.85. The highest BCUT2D eigenvalue weighted by Gasteiger charge is 2.19. The molecule has 0 saturated carbocycles. The van der Waals surface area contributed by atoms with Crippen LogP contribution in [0.1, 0.15) is 17.3 Å². The average Bonchev–Trinajstić information content (AvgIpc) is 2.36. The third-order valence-corrected chi connectivity index (χ3v) is 3.45. The highest BCUT2D eigenvalue weighted by atomic mass is 79.9. The standard InChI is InChI=1S/C14H11BrF2N2O2/c15-11-2-1-3-18-13(11)12(19-14(20)21)6-8-4-9(16)7-10(17)5-8/h1-5,7,12,19H,6H2,(H,20,21). The van der Waals surface area contributed by atoms with Crippen molar-refractivity contribution in [3.05, 3.63) is 63.9 Å². The van der Waals surface area contributed by atoms with Gasteiger partial charge in [-0.25, -0.2) is 13.6 Å². The zero-order valence-corrected chi connectivity index (χ0v) is 12.3. The number of halogens is 3. The molecule has 1 heterocycles. The summed E-state index contributed by atoms with van der Waals surface area (Å²) in [4.78, 5) is 15.0. The maximum atomic E-state index is 13.2. The van der Waals surface area contributed by atoms with Crippen molar-refractivity contribution in [1.82, 2.24) is 10.3 Å². The van der Waals surface area contributed by atoms with Crippen LogP contribution in [0.25, 0.3) is 0 Å². The summed E-state index contributed by atoms with van der Waals surface area (Å²) in [6.07, 6.45) is 0.355. The van der Waals surface area contributed by atoms with Crippen LogP contribution in [0.4, 0.5) is 13.6 Å². The number of amides is 1. The number of rotatable bonds is 4. The van der Waals surface area contributed by atoms with E-state index >= 15 is 0 Å². The molecule has 21 heavy (non-hydrogen) atoms. The van der Waals surface area contributed by atoms with E-state index in [0.29, 0.717) is 15.7 Å². The third kappa shape index (κ3) is 4.22. The van der Waals surface area contributed by atoms with Gasteiger partial charge in [0.15, 0.2) is 0 Å². The minimum Gasteiger partial charge on any atom is -0.465 e. The molecule has 2 N–H and O–H groups in total. The van der Waals surface area contributed by atoms with Crippen LogP contribution in [0.15, 0.2) is 41.0 Å². The predicted molar refractivity (Wildman–Crippen MR) is 75.9 cm³/mol. The number of pyridine rings is 1. The second-order valence-corrected chi connectivity index (χ2v) is 5.21. The van der Waals surface area contributed by atoms with Gasteiger partial charge in [-0.3, -0.25) is 4.98 Å². The molecule has 2 rings (SSSR count). The molecular formula is C14H11BrF2N2O2. The molecule has 0 fully saturated rings. The van der Waals surface area contributed by atoms with Crippen LogP contribution < -0.4 is 5.32 Å². The van der Waals surface area contributed by atoms with Crippen molar-refractivity contribution in [2.45, 2.75) is 12.5 Å². The van der Waals surface area contributed by atoms with E-state index in [1.807, 2.05) is 0 Å². The predicted octanol–water partition coefficient (Wildman–Crippen LogP) is 3.67. The summed E-state index contributed by atoms with van der Waals surface area (Å²) >= 11 is 3.29. The Labute approximate surface area is 128 Å². The first-order chi connectivity index (χ1) is 9.95. The van der Waals surface area contributed by atoms with Gasteiger partial charge in [-0.1, -0.05) is 0 Å². The van der Waals surface area contributed by atoms with Gasteiger partial charge >= 0.3 is 6.09 Å². The summed E-state index contributed by atoms with van der Waals surface area (Å²) in [6.45, 7) is 0. The van der Waals surface area contributed by atoms with Gasteiger partial charge in [-0.05, 0) is 52.2 Å². The minimum absolute atomic E-state index is 0.0800. The fourth-order valence-corrected chi connectivity index (χ4v) is 2.52. The number of hydrogen-bond donors (Lipinski definition) is 2. The van der Waals surface area contributed by atoms with E-state index in [0.717, 1.165) is 18.2 Å². The van der Waals surface area contributed by atoms with Crippen LogP contribution in [0.5, 0.6) is 0 Å². The van der Waals surface area contributed by atoms with Gasteiger partial charge in [-0.2, -0.15) is 0 Å². The summed E-state index contributed by atoms with van der Waals surface area (Å²) < 4.78 is 27.1. The molecule has 1 aromatic carbocycles. The lowest BCUT2D eigenvalue weighted by Gasteiger charge is -2.18. The van der Waals surface area contributed by atoms with Crippen LogP contribution in [-0.4, -0.2) is 16.2 Å². The van der Waals surface area contributed by atoms with Crippen molar-refractivity contribution in [3.8, 4) is 0 Å². The third-order valence-electron chi connectivity index (χ3n) is 2.78. The van der Waals surface area contributed by atoms with Crippen LogP contribution in [0.2, 0.25) is 0 Å². The molecular weight excluding hydrogens is 346 g/mol. The normalized spacial score (nSPS) is 12.0. The SMILES string of the molecule is O=C(O)NC(Cc1cc(F)cc(F)c1)c1ncccc1Br. The molecule has 2 aromatic rings. The molecule has 1 aromatic heterocycles. The molecule has 0 aliphatic heterocycles. The van der Waals surface area contributed by atoms with E-state index in [2.05, 4.69) is 26.2 Å². The van der Waals surface area contributed by atoms with E-state index < -0.39 is 23.8 Å². The quantitative estimate of drug-likeness (QED) is 0.878. The molecule has 7 heteroatoms. The summed E-state index contributed by atoms with van der Waals surface area (Å²) in [5.74, 6) is -1.42. The fourth-order valence-electron chi connectivity index (χ4n) is 1.98. The first-order valence-corrected chi connectivity index (χ1v) is 6.80. The molecule has 0 radical (unpaired) electrons. The Morgan fingerprint density at radius 3 is 2.57 bits per heavy atom. The lowest BCUT2D eigenvalue weighted by atomic mass is 10.0. The van der Waals surface area contributed by atoms with Gasteiger partial charge in [0.1, 0.15) is 11.6 Å². The molecule has 4 nitrogen and oxygen atoms in total. The molecule has 110 valence electrons. The lowest BCUT2D eigenvalue weighted by molar-refractivity contribution is 0.189. The number of nitrogens with one attached hydrogen (secondary N) is 1. The highest BCUT2D eigenvalue weighted by molar-refractivity contribution is 9.10. The second-order valence-electron chi connectivity index (χ2n) is 4.35. The van der Waals surface area contributed by atoms with Crippen LogP contribution in [0.3, 0.4) is 0 Å². The number of carbonyl (C=O) groups is 1. The summed E-state index contributed by atoms with van der Waals surface area (Å²) in [5, 5.41) is 11.2. The van der Waals surface area contributed by atoms with Crippen LogP contribution in [-0.2, 0) is 6.42 Å². The van der Waals surface area contributed by atoms with E-state index in [1.54, 1.807) is 12.1 Å². The Balaban J connectivity index is 2.32. The molecule has 1 atom stereocenters. The van der Waals surface area contributed by atoms with E-state index in [4.69, 9.17) is 5.11 Å². The van der Waals surface area contributed by atoms with E-state index in [-0.39, 0.29) is 6.42 Å². The zero-order valence-electron chi connectivity index (χ0n) is 10.7. The topological polar surface area (TPSA) is 62.2 Å². The molecule has 0 aliphatic rings. The Morgan fingerprint density at radius 1 is 1.33 bits per heavy atom. The number of carboxylic acid groups (broad SMARTS) is 1. The van der Waals surface area contributed by atoms with Crippen LogP contribution in [0, 0.1) is 11.6 Å². The van der Waals surface area contributed by atoms with Crippen LogP contribution >= 0.6 is 15.9 Å². The smallest absolute Gasteiger partial charge is 0.405 e. The zero-order chi connectivity index (χ0) is 15.4. The maximum absolute atomic E-state index is 13.2. The monoisotopic (exact) mass is 356 g/mol. The van der Waals surface area contributed by atoms with Gasteiger partial charge in [0, 0.05) is 16.7 Å². The number of aromatic nitrogens is 1. The largest absolute Gasteiger partial charge is 0.465 e. The highest BCUT2D eigenvalue weighted by Crippen LogP contribution is 2.24. The number of benzene rings is 1. The van der Waals surface area contributed by atoms with Gasteiger partial charge in [0.25, 0.3) is 0 Å². The minimum atomic E-state index is -1.24. The van der Waals surface area contributed by atoms with Crippen molar-refractivity contribution in [2.24, 2.45) is 0 Å². The van der Waals surface area contributed by atoms with Gasteiger partial charge < -0.3 is 10.4 Å². The van der Waals surface area contributed by atoms with Gasteiger partial charge in [0.05, 0.1) is 11.7 Å². The Morgan fingerprint density at radius 2 is 2.00 bits per heavy atom. The summed E-state index contributed by atoms with van der Waals surface area (Å²) in [7, 11) is 0. The Bertz CT molecular complexity index is 647. The van der Waals surface area contributed by atoms with Gasteiger partial charge in [-0.15, -0.1) is 0 Å². The summed E-state index contributed by atoms with van der Waals surface area (Å²) in [5.41, 5.74) is 0.786. The molecule has 0 aliphatic carbocycles. The van der Waals surface area contributed by atoms with Crippen molar-refractivity contribution in [1.29, 1.82) is 0 Å². The lowest BCUT2D eigenvalue weighted by Crippen LogP contribution is -2.29. The first kappa shape index (κ1) is 15.4. The van der Waals surface area contributed by atoms with Crippen molar-refractivity contribution >= 4 is 22.0 Å². The maximum Gasteiger partial charge on any atom is 0.405 e. The average molecular weight is 357 g/mol. The Hall–Kier alpha value is -2.02. The molecule has 1 unspecified atom stereocenters. The van der Waals surface area contributed by atoms with Crippen molar-refractivity contribution in [3.63, 3.8) is 0 Å².